The number of amides is 1. The maximum Gasteiger partial charge on any atom is 0.251 e. The average molecular weight is 251 g/mol. The second-order valence-electron chi connectivity index (χ2n) is 4.83. The largest absolute Gasteiger partial charge is 0.350 e. The highest BCUT2D eigenvalue weighted by Gasteiger charge is 2.12. The van der Waals surface area contributed by atoms with Crippen LogP contribution in [-0.2, 0) is 0 Å². The molecule has 2 nitrogen and oxygen atoms in total. The van der Waals surface area contributed by atoms with Gasteiger partial charge in [-0.2, -0.15) is 0 Å². The lowest BCUT2D eigenvalue weighted by Crippen LogP contribution is -2.32. The van der Waals surface area contributed by atoms with Gasteiger partial charge >= 0.3 is 0 Å². The van der Waals surface area contributed by atoms with Crippen LogP contribution in [-0.4, -0.2) is 11.9 Å². The first-order chi connectivity index (χ1) is 8.54. The number of carbonyl (C=O) groups excluding carboxylic acids is 1. The van der Waals surface area contributed by atoms with E-state index in [2.05, 4.69) is 12.2 Å². The molecule has 0 saturated heterocycles. The third-order valence-electron chi connectivity index (χ3n) is 3.05. The summed E-state index contributed by atoms with van der Waals surface area (Å²) in [5.41, 5.74) is 1.23. The van der Waals surface area contributed by atoms with E-state index in [1.54, 1.807) is 13.0 Å². The molecule has 0 aliphatic carbocycles. The van der Waals surface area contributed by atoms with Gasteiger partial charge in [-0.25, -0.2) is 4.39 Å². The molecule has 0 fully saturated rings. The Hall–Kier alpha value is -1.38. The van der Waals surface area contributed by atoms with Gasteiger partial charge in [-0.15, -0.1) is 0 Å². The van der Waals surface area contributed by atoms with Gasteiger partial charge in [0.15, 0.2) is 0 Å². The Morgan fingerprint density at radius 1 is 1.39 bits per heavy atom. The molecule has 0 radical (unpaired) electrons. The molecule has 18 heavy (non-hydrogen) atoms. The molecule has 1 unspecified atom stereocenters. The van der Waals surface area contributed by atoms with Crippen molar-refractivity contribution in [2.75, 3.05) is 0 Å². The van der Waals surface area contributed by atoms with Crippen LogP contribution in [0.2, 0.25) is 0 Å². The van der Waals surface area contributed by atoms with Crippen LogP contribution in [0.15, 0.2) is 18.2 Å². The Kier molecular flexibility index (Phi) is 5.83. The average Bonchev–Trinajstić information content (AvgIpc) is 2.28. The standard InChI is InChI=1S/C15H22FNO/c1-4-5-6-7-12(3)17-15(18)14-9-8-13(16)10-11(14)2/h8-10,12H,4-7H2,1-3H3,(H,17,18). The molecule has 0 aromatic heterocycles. The Balaban J connectivity index is 2.54. The fourth-order valence-electron chi connectivity index (χ4n) is 1.96. The highest BCUT2D eigenvalue weighted by molar-refractivity contribution is 5.95. The first-order valence-corrected chi connectivity index (χ1v) is 6.61. The number of carbonyl (C=O) groups is 1. The molecule has 1 atom stereocenters. The van der Waals surface area contributed by atoms with Gasteiger partial charge in [0.25, 0.3) is 5.91 Å². The van der Waals surface area contributed by atoms with Crippen molar-refractivity contribution in [1.82, 2.24) is 5.32 Å². The summed E-state index contributed by atoms with van der Waals surface area (Å²) in [6.45, 7) is 5.91. The van der Waals surface area contributed by atoms with E-state index in [1.807, 2.05) is 6.92 Å². The van der Waals surface area contributed by atoms with Gasteiger partial charge in [-0.05, 0) is 44.0 Å². The van der Waals surface area contributed by atoms with Gasteiger partial charge in [-0.3, -0.25) is 4.79 Å². The summed E-state index contributed by atoms with van der Waals surface area (Å²) in [6.07, 6.45) is 4.48. The van der Waals surface area contributed by atoms with Crippen LogP contribution in [0.1, 0.15) is 55.5 Å². The Labute approximate surface area is 109 Å². The number of hydrogen-bond donors (Lipinski definition) is 1. The van der Waals surface area contributed by atoms with E-state index < -0.39 is 0 Å². The van der Waals surface area contributed by atoms with Crippen molar-refractivity contribution >= 4 is 5.91 Å². The number of aryl methyl sites for hydroxylation is 1. The summed E-state index contributed by atoms with van der Waals surface area (Å²) >= 11 is 0. The van der Waals surface area contributed by atoms with E-state index in [9.17, 15) is 9.18 Å². The van der Waals surface area contributed by atoms with Gasteiger partial charge in [-0.1, -0.05) is 26.2 Å². The topological polar surface area (TPSA) is 29.1 Å². The number of hydrogen-bond acceptors (Lipinski definition) is 1. The van der Waals surface area contributed by atoms with Crippen LogP contribution in [0.3, 0.4) is 0 Å². The summed E-state index contributed by atoms with van der Waals surface area (Å²) in [4.78, 5) is 12.0. The smallest absolute Gasteiger partial charge is 0.251 e. The third-order valence-corrected chi connectivity index (χ3v) is 3.05. The number of rotatable bonds is 6. The third kappa shape index (κ3) is 4.47. The molecule has 1 aromatic carbocycles. The summed E-state index contributed by atoms with van der Waals surface area (Å²) < 4.78 is 12.9. The predicted molar refractivity (Wildman–Crippen MR) is 72.2 cm³/mol. The van der Waals surface area contributed by atoms with E-state index in [-0.39, 0.29) is 17.8 Å². The molecule has 1 amide bonds. The first-order valence-electron chi connectivity index (χ1n) is 6.61. The lowest BCUT2D eigenvalue weighted by molar-refractivity contribution is 0.0937. The lowest BCUT2D eigenvalue weighted by Gasteiger charge is -2.14. The zero-order valence-corrected chi connectivity index (χ0v) is 11.4. The van der Waals surface area contributed by atoms with Crippen molar-refractivity contribution < 1.29 is 9.18 Å². The van der Waals surface area contributed by atoms with Crippen LogP contribution in [0.5, 0.6) is 0 Å². The lowest BCUT2D eigenvalue weighted by atomic mass is 10.1. The first kappa shape index (κ1) is 14.7. The molecule has 100 valence electrons. The van der Waals surface area contributed by atoms with Crippen LogP contribution in [0.4, 0.5) is 4.39 Å². The Morgan fingerprint density at radius 2 is 2.11 bits per heavy atom. The van der Waals surface area contributed by atoms with Gasteiger partial charge in [0.2, 0.25) is 0 Å². The normalized spacial score (nSPS) is 12.2. The number of benzene rings is 1. The number of nitrogens with one attached hydrogen (secondary N) is 1. The van der Waals surface area contributed by atoms with Crippen molar-refractivity contribution in [1.29, 1.82) is 0 Å². The molecule has 1 N–H and O–H groups in total. The second kappa shape index (κ2) is 7.14. The monoisotopic (exact) mass is 251 g/mol. The van der Waals surface area contributed by atoms with Crippen molar-refractivity contribution in [3.8, 4) is 0 Å². The zero-order chi connectivity index (χ0) is 13.5. The molecule has 1 aromatic rings. The van der Waals surface area contributed by atoms with Crippen molar-refractivity contribution in [3.05, 3.63) is 35.1 Å². The van der Waals surface area contributed by atoms with Gasteiger partial charge in [0.05, 0.1) is 0 Å². The van der Waals surface area contributed by atoms with Gasteiger partial charge in [0, 0.05) is 11.6 Å². The summed E-state index contributed by atoms with van der Waals surface area (Å²) in [5, 5.41) is 2.95. The molecule has 0 saturated carbocycles. The fourth-order valence-corrected chi connectivity index (χ4v) is 1.96. The summed E-state index contributed by atoms with van der Waals surface area (Å²) in [5.74, 6) is -0.420. The highest BCUT2D eigenvalue weighted by Crippen LogP contribution is 2.11. The van der Waals surface area contributed by atoms with Crippen molar-refractivity contribution in [2.45, 2.75) is 52.5 Å². The minimum Gasteiger partial charge on any atom is -0.350 e. The van der Waals surface area contributed by atoms with E-state index in [0.717, 1.165) is 12.8 Å². The minimum atomic E-state index is -0.306. The Morgan fingerprint density at radius 3 is 2.72 bits per heavy atom. The second-order valence-corrected chi connectivity index (χ2v) is 4.83. The van der Waals surface area contributed by atoms with E-state index in [1.165, 1.54) is 25.0 Å². The van der Waals surface area contributed by atoms with Crippen LogP contribution < -0.4 is 5.32 Å². The summed E-state index contributed by atoms with van der Waals surface area (Å²) in [6, 6.07) is 4.41. The Bertz CT molecular complexity index is 403. The molecule has 1 rings (SSSR count). The number of halogens is 1. The molecule has 0 aliphatic rings. The van der Waals surface area contributed by atoms with E-state index in [4.69, 9.17) is 0 Å². The van der Waals surface area contributed by atoms with Crippen LogP contribution in [0, 0.1) is 12.7 Å². The maximum absolute atomic E-state index is 12.9. The quantitative estimate of drug-likeness (QED) is 0.765. The van der Waals surface area contributed by atoms with Crippen molar-refractivity contribution in [3.63, 3.8) is 0 Å². The van der Waals surface area contributed by atoms with Gasteiger partial charge < -0.3 is 5.32 Å². The van der Waals surface area contributed by atoms with Crippen LogP contribution >= 0.6 is 0 Å². The minimum absolute atomic E-state index is 0.114. The van der Waals surface area contributed by atoms with Crippen LogP contribution in [0.25, 0.3) is 0 Å². The van der Waals surface area contributed by atoms with Gasteiger partial charge in [0.1, 0.15) is 5.82 Å². The molecule has 0 aliphatic heterocycles. The van der Waals surface area contributed by atoms with E-state index in [0.29, 0.717) is 11.1 Å². The van der Waals surface area contributed by atoms with Crippen molar-refractivity contribution in [2.24, 2.45) is 0 Å². The zero-order valence-electron chi connectivity index (χ0n) is 11.4. The highest BCUT2D eigenvalue weighted by atomic mass is 19.1. The molecular weight excluding hydrogens is 229 g/mol. The molecule has 0 spiro atoms. The molecular formula is C15H22FNO. The molecule has 3 heteroatoms. The summed E-state index contributed by atoms with van der Waals surface area (Å²) in [7, 11) is 0. The number of unbranched alkanes of at least 4 members (excludes halogenated alkanes) is 2. The molecule has 0 bridgehead atoms. The SMILES string of the molecule is CCCCCC(C)NC(=O)c1ccc(F)cc1C. The van der Waals surface area contributed by atoms with E-state index >= 15 is 0 Å². The fraction of sp³-hybridized carbons (Fsp3) is 0.533. The predicted octanol–water partition coefficient (Wildman–Crippen LogP) is 3.83. The maximum atomic E-state index is 12.9. The molecule has 0 heterocycles.